The molecule has 0 aliphatic carbocycles. The second-order valence-corrected chi connectivity index (χ2v) is 4.61. The number of rotatable bonds is 3. The van der Waals surface area contributed by atoms with E-state index < -0.39 is 5.91 Å². The first kappa shape index (κ1) is 13.4. The fourth-order valence-electron chi connectivity index (χ4n) is 1.46. The molecule has 1 heterocycles. The fourth-order valence-corrected chi connectivity index (χ4v) is 1.70. The van der Waals surface area contributed by atoms with Gasteiger partial charge in [0.15, 0.2) is 0 Å². The van der Waals surface area contributed by atoms with Crippen molar-refractivity contribution in [3.8, 4) is 11.5 Å². The number of hydrogen-bond acceptors (Lipinski definition) is 4. The molecule has 0 saturated carbocycles. The number of phenolic OH excluding ortho intramolecular Hbond substituents is 1. The van der Waals surface area contributed by atoms with E-state index in [4.69, 9.17) is 4.74 Å². The molecule has 1 amide bonds. The summed E-state index contributed by atoms with van der Waals surface area (Å²) in [6.07, 6.45) is 1.57. The molecule has 2 rings (SSSR count). The lowest BCUT2D eigenvalue weighted by atomic mass is 10.2. The van der Waals surface area contributed by atoms with Crippen LogP contribution in [0, 0.1) is 0 Å². The number of phenols is 1. The third kappa shape index (κ3) is 3.23. The molecular weight excluding hydrogens is 312 g/mol. The molecule has 0 saturated heterocycles. The highest BCUT2D eigenvalue weighted by Gasteiger charge is 2.12. The van der Waals surface area contributed by atoms with Crippen molar-refractivity contribution in [1.82, 2.24) is 4.98 Å². The van der Waals surface area contributed by atoms with Gasteiger partial charge in [-0.05, 0) is 40.2 Å². The third-order valence-corrected chi connectivity index (χ3v) is 2.89. The normalized spacial score (nSPS) is 10.0. The number of aromatic nitrogens is 1. The predicted molar refractivity (Wildman–Crippen MR) is 74.5 cm³/mol. The minimum Gasteiger partial charge on any atom is -0.507 e. The number of methoxy groups -OCH3 is 1. The number of halogens is 1. The van der Waals surface area contributed by atoms with Crippen molar-refractivity contribution >= 4 is 27.7 Å². The Labute approximate surface area is 118 Å². The van der Waals surface area contributed by atoms with Gasteiger partial charge in [-0.25, -0.2) is 4.98 Å². The van der Waals surface area contributed by atoms with Crippen molar-refractivity contribution in [3.63, 3.8) is 0 Å². The van der Waals surface area contributed by atoms with Crippen LogP contribution in [0.2, 0.25) is 0 Å². The fraction of sp³-hybridized carbons (Fsp3) is 0.0769. The molecular formula is C13H11BrN2O3. The van der Waals surface area contributed by atoms with Crippen LogP contribution in [-0.2, 0) is 0 Å². The Morgan fingerprint density at radius 2 is 2.16 bits per heavy atom. The second-order valence-electron chi connectivity index (χ2n) is 3.70. The number of anilines is 1. The summed E-state index contributed by atoms with van der Waals surface area (Å²) in [5.41, 5.74) is 0.158. The molecule has 0 unspecified atom stereocenters. The van der Waals surface area contributed by atoms with Crippen molar-refractivity contribution in [2.75, 3.05) is 12.4 Å². The predicted octanol–water partition coefficient (Wildman–Crippen LogP) is 2.81. The van der Waals surface area contributed by atoms with E-state index >= 15 is 0 Å². The third-order valence-electron chi connectivity index (χ3n) is 2.42. The van der Waals surface area contributed by atoms with Gasteiger partial charge in [-0.2, -0.15) is 0 Å². The summed E-state index contributed by atoms with van der Waals surface area (Å²) >= 11 is 3.25. The zero-order valence-corrected chi connectivity index (χ0v) is 11.6. The molecule has 1 aromatic heterocycles. The average Bonchev–Trinajstić information content (AvgIpc) is 2.41. The van der Waals surface area contributed by atoms with Gasteiger partial charge in [0.1, 0.15) is 17.3 Å². The van der Waals surface area contributed by atoms with Crippen LogP contribution in [0.1, 0.15) is 10.4 Å². The van der Waals surface area contributed by atoms with Crippen LogP contribution in [0.25, 0.3) is 0 Å². The Morgan fingerprint density at radius 1 is 1.37 bits per heavy atom. The van der Waals surface area contributed by atoms with Crippen molar-refractivity contribution in [1.29, 1.82) is 0 Å². The minimum atomic E-state index is -0.435. The Kier molecular flexibility index (Phi) is 4.01. The summed E-state index contributed by atoms with van der Waals surface area (Å²) in [5, 5.41) is 12.3. The number of aromatic hydroxyl groups is 1. The maximum absolute atomic E-state index is 12.0. The first-order valence-corrected chi connectivity index (χ1v) is 6.19. The van der Waals surface area contributed by atoms with Crippen LogP contribution in [0.5, 0.6) is 11.5 Å². The van der Waals surface area contributed by atoms with Crippen LogP contribution in [0.4, 0.5) is 5.82 Å². The van der Waals surface area contributed by atoms with Gasteiger partial charge in [0.05, 0.1) is 12.7 Å². The Morgan fingerprint density at radius 3 is 2.74 bits per heavy atom. The van der Waals surface area contributed by atoms with E-state index in [0.717, 1.165) is 4.47 Å². The van der Waals surface area contributed by atoms with Crippen molar-refractivity contribution in [2.45, 2.75) is 0 Å². The Hall–Kier alpha value is -2.08. The molecule has 0 fully saturated rings. The first-order valence-electron chi connectivity index (χ1n) is 5.40. The largest absolute Gasteiger partial charge is 0.507 e. The molecule has 5 nitrogen and oxygen atoms in total. The smallest absolute Gasteiger partial charge is 0.260 e. The molecule has 2 aromatic rings. The first-order chi connectivity index (χ1) is 9.10. The Balaban J connectivity index is 2.18. The summed E-state index contributed by atoms with van der Waals surface area (Å²) in [5.74, 6) is 0.308. The lowest BCUT2D eigenvalue weighted by Gasteiger charge is -2.07. The zero-order valence-electron chi connectivity index (χ0n) is 10.1. The lowest BCUT2D eigenvalue weighted by molar-refractivity contribution is 0.102. The minimum absolute atomic E-state index is 0.144. The summed E-state index contributed by atoms with van der Waals surface area (Å²) < 4.78 is 5.77. The van der Waals surface area contributed by atoms with Crippen LogP contribution in [0.15, 0.2) is 41.0 Å². The number of carbonyl (C=O) groups excluding carboxylic acids is 1. The van der Waals surface area contributed by atoms with Crippen molar-refractivity contribution in [2.24, 2.45) is 0 Å². The van der Waals surface area contributed by atoms with Gasteiger partial charge in [0, 0.05) is 16.7 Å². The number of amides is 1. The van der Waals surface area contributed by atoms with Crippen molar-refractivity contribution in [3.05, 3.63) is 46.6 Å². The zero-order chi connectivity index (χ0) is 13.8. The molecule has 0 spiro atoms. The molecule has 1 aromatic carbocycles. The summed E-state index contributed by atoms with van der Waals surface area (Å²) in [6.45, 7) is 0. The van der Waals surface area contributed by atoms with Gasteiger partial charge in [-0.3, -0.25) is 4.79 Å². The maximum atomic E-state index is 12.0. The molecule has 0 aliphatic heterocycles. The van der Waals surface area contributed by atoms with E-state index in [0.29, 0.717) is 11.6 Å². The summed E-state index contributed by atoms with van der Waals surface area (Å²) in [7, 11) is 1.49. The number of nitrogens with one attached hydrogen (secondary N) is 1. The maximum Gasteiger partial charge on any atom is 0.260 e. The van der Waals surface area contributed by atoms with E-state index in [2.05, 4.69) is 26.2 Å². The monoisotopic (exact) mass is 322 g/mol. The number of hydrogen-bond donors (Lipinski definition) is 2. The summed E-state index contributed by atoms with van der Waals surface area (Å²) in [4.78, 5) is 16.0. The van der Waals surface area contributed by atoms with Crippen LogP contribution in [0.3, 0.4) is 0 Å². The number of ether oxygens (including phenoxy) is 1. The number of benzene rings is 1. The second kappa shape index (κ2) is 5.71. The van der Waals surface area contributed by atoms with E-state index in [1.807, 2.05) is 0 Å². The average molecular weight is 323 g/mol. The lowest BCUT2D eigenvalue weighted by Crippen LogP contribution is -2.13. The molecule has 0 bridgehead atoms. The van der Waals surface area contributed by atoms with Gasteiger partial charge in [-0.1, -0.05) is 0 Å². The highest BCUT2D eigenvalue weighted by Crippen LogP contribution is 2.24. The van der Waals surface area contributed by atoms with E-state index in [1.54, 1.807) is 24.4 Å². The topological polar surface area (TPSA) is 71.5 Å². The molecule has 0 aliphatic rings. The number of nitrogens with zero attached hydrogens (tertiary/aromatic N) is 1. The van der Waals surface area contributed by atoms with Gasteiger partial charge in [0.25, 0.3) is 5.91 Å². The highest BCUT2D eigenvalue weighted by atomic mass is 79.9. The quantitative estimate of drug-likeness (QED) is 0.911. The van der Waals surface area contributed by atoms with E-state index in [9.17, 15) is 9.90 Å². The Bertz CT molecular complexity index is 599. The standard InChI is InChI=1S/C13H11BrN2O3/c1-19-9-3-4-10(11(17)6-9)13(18)16-12-5-2-8(14)7-15-12/h2-7,17H,1H3,(H,15,16,18). The van der Waals surface area contributed by atoms with Crippen LogP contribution < -0.4 is 10.1 Å². The van der Waals surface area contributed by atoms with Crippen molar-refractivity contribution < 1.29 is 14.6 Å². The molecule has 6 heteroatoms. The number of carbonyl (C=O) groups is 1. The van der Waals surface area contributed by atoms with Crippen LogP contribution in [-0.4, -0.2) is 23.1 Å². The molecule has 19 heavy (non-hydrogen) atoms. The van der Waals surface area contributed by atoms with E-state index in [1.165, 1.54) is 19.2 Å². The van der Waals surface area contributed by atoms with Gasteiger partial charge in [-0.15, -0.1) is 0 Å². The van der Waals surface area contributed by atoms with E-state index in [-0.39, 0.29) is 11.3 Å². The molecule has 98 valence electrons. The number of pyridine rings is 1. The van der Waals surface area contributed by atoms with Gasteiger partial charge in [0.2, 0.25) is 0 Å². The van der Waals surface area contributed by atoms with Gasteiger partial charge >= 0.3 is 0 Å². The SMILES string of the molecule is COc1ccc(C(=O)Nc2ccc(Br)cn2)c(O)c1. The molecule has 2 N–H and O–H groups in total. The highest BCUT2D eigenvalue weighted by molar-refractivity contribution is 9.10. The summed E-state index contributed by atoms with van der Waals surface area (Å²) in [6, 6.07) is 7.88. The van der Waals surface area contributed by atoms with Crippen LogP contribution >= 0.6 is 15.9 Å². The molecule has 0 atom stereocenters. The van der Waals surface area contributed by atoms with Gasteiger partial charge < -0.3 is 15.2 Å². The molecule has 0 radical (unpaired) electrons.